The molecule has 5 nitrogen and oxygen atoms in total. The second kappa shape index (κ2) is 9.04. The maximum Gasteiger partial charge on any atom is 0.271 e. The number of carbonyl (C=O) groups excluding carboxylic acids is 2. The van der Waals surface area contributed by atoms with E-state index in [2.05, 4.69) is 19.2 Å². The molecule has 1 saturated carbocycles. The Balaban J connectivity index is 1.46. The Labute approximate surface area is 210 Å². The fraction of sp³-hybridized carbons (Fsp3) is 0.481. The molecule has 2 aliphatic rings. The fourth-order valence-electron chi connectivity index (χ4n) is 5.62. The number of carbonyl (C=O) groups is 2. The number of nitrogens with zero attached hydrogens (tertiary/aromatic N) is 2. The van der Waals surface area contributed by atoms with Gasteiger partial charge in [-0.3, -0.25) is 9.59 Å². The Bertz CT molecular complexity index is 1220. The van der Waals surface area contributed by atoms with Gasteiger partial charge < -0.3 is 14.8 Å². The predicted octanol–water partition coefficient (Wildman–Crippen LogP) is 5.75. The maximum atomic E-state index is 13.9. The molecule has 1 aliphatic heterocycles. The van der Waals surface area contributed by atoms with E-state index in [9.17, 15) is 9.59 Å². The number of thiophene rings is 1. The van der Waals surface area contributed by atoms with E-state index in [1.807, 2.05) is 53.3 Å². The number of fused-ring (bicyclic) bond motifs is 3. The van der Waals surface area contributed by atoms with Gasteiger partial charge in [-0.15, -0.1) is 11.3 Å². The first-order valence-corrected chi connectivity index (χ1v) is 13.5. The average molecular weight is 498 g/mol. The predicted molar refractivity (Wildman–Crippen MR) is 139 cm³/mol. The Kier molecular flexibility index (Phi) is 6.23. The lowest BCUT2D eigenvalue weighted by atomic mass is 9.77. The van der Waals surface area contributed by atoms with E-state index in [1.165, 1.54) is 6.42 Å². The zero-order chi connectivity index (χ0) is 24.0. The molecule has 0 unspecified atom stereocenters. The van der Waals surface area contributed by atoms with E-state index in [-0.39, 0.29) is 17.9 Å². The second-order valence-electron chi connectivity index (χ2n) is 10.2. The highest BCUT2D eigenvalue weighted by molar-refractivity contribution is 7.17. The molecule has 0 saturated heterocycles. The van der Waals surface area contributed by atoms with Gasteiger partial charge in [-0.1, -0.05) is 50.4 Å². The number of nitrogens with one attached hydrogen (secondary N) is 1. The van der Waals surface area contributed by atoms with Crippen LogP contribution >= 0.6 is 22.9 Å². The highest BCUT2D eigenvalue weighted by Crippen LogP contribution is 2.36. The van der Waals surface area contributed by atoms with Crippen LogP contribution < -0.4 is 5.32 Å². The molecule has 1 N–H and O–H groups in total. The molecule has 34 heavy (non-hydrogen) atoms. The van der Waals surface area contributed by atoms with Crippen molar-refractivity contribution in [1.29, 1.82) is 0 Å². The number of rotatable bonds is 5. The van der Waals surface area contributed by atoms with E-state index in [0.29, 0.717) is 42.1 Å². The summed E-state index contributed by atoms with van der Waals surface area (Å²) in [4.78, 5) is 29.5. The van der Waals surface area contributed by atoms with Crippen LogP contribution in [0.1, 0.15) is 56.1 Å². The number of amides is 2. The zero-order valence-electron chi connectivity index (χ0n) is 20.0. The van der Waals surface area contributed by atoms with Gasteiger partial charge >= 0.3 is 0 Å². The monoisotopic (exact) mass is 497 g/mol. The van der Waals surface area contributed by atoms with Crippen LogP contribution in [0.15, 0.2) is 41.8 Å². The van der Waals surface area contributed by atoms with Crippen LogP contribution in [-0.4, -0.2) is 39.4 Å². The summed E-state index contributed by atoms with van der Waals surface area (Å²) in [7, 11) is 0. The van der Waals surface area contributed by atoms with Gasteiger partial charge in [-0.05, 0) is 66.8 Å². The normalized spacial score (nSPS) is 27.1. The van der Waals surface area contributed by atoms with E-state index in [4.69, 9.17) is 11.6 Å². The van der Waals surface area contributed by atoms with Gasteiger partial charge in [0, 0.05) is 17.6 Å². The Morgan fingerprint density at radius 2 is 1.97 bits per heavy atom. The standard InChI is InChI=1S/C27H32ClN3O2S/c1-17-5-4-6-21(18(17)2)29-26(33)27(3)16-30-22-12-14-34-24(22)15-23(30)25(32)31(27)13-11-19-7-9-20(28)10-8-19/h7-10,12,14-15,17-18,21H,4-6,11,13,16H2,1-3H3,(H,29,33)/t17-,18-,21+,27+/m1/s1. The molecule has 4 atom stereocenters. The molecule has 0 radical (unpaired) electrons. The second-order valence-corrected chi connectivity index (χ2v) is 11.6. The number of hydrogen-bond acceptors (Lipinski definition) is 3. The Hall–Kier alpha value is -2.31. The molecule has 1 aromatic carbocycles. The van der Waals surface area contributed by atoms with Crippen molar-refractivity contribution < 1.29 is 9.59 Å². The fourth-order valence-corrected chi connectivity index (χ4v) is 6.57. The van der Waals surface area contributed by atoms with E-state index in [0.717, 1.165) is 28.6 Å². The molecule has 0 spiro atoms. The average Bonchev–Trinajstić information content (AvgIpc) is 3.40. The van der Waals surface area contributed by atoms with Crippen molar-refractivity contribution in [3.8, 4) is 0 Å². The topological polar surface area (TPSA) is 54.3 Å². The third-order valence-corrected chi connectivity index (χ3v) is 9.20. The van der Waals surface area contributed by atoms with Crippen molar-refractivity contribution in [3.63, 3.8) is 0 Å². The van der Waals surface area contributed by atoms with Crippen molar-refractivity contribution in [2.45, 2.75) is 64.6 Å². The van der Waals surface area contributed by atoms with Gasteiger partial charge in [0.25, 0.3) is 5.91 Å². The number of hydrogen-bond donors (Lipinski definition) is 1. The molecule has 180 valence electrons. The molecule has 0 bridgehead atoms. The van der Waals surface area contributed by atoms with E-state index in [1.54, 1.807) is 16.2 Å². The maximum absolute atomic E-state index is 13.9. The Morgan fingerprint density at radius 1 is 1.21 bits per heavy atom. The van der Waals surface area contributed by atoms with Gasteiger partial charge in [0.15, 0.2) is 0 Å². The largest absolute Gasteiger partial charge is 0.351 e. The van der Waals surface area contributed by atoms with Crippen molar-refractivity contribution in [2.75, 3.05) is 6.54 Å². The molecule has 7 heteroatoms. The minimum Gasteiger partial charge on any atom is -0.351 e. The summed E-state index contributed by atoms with van der Waals surface area (Å²) in [6, 6.07) is 11.9. The lowest BCUT2D eigenvalue weighted by molar-refractivity contribution is -0.134. The van der Waals surface area contributed by atoms with E-state index < -0.39 is 5.54 Å². The van der Waals surface area contributed by atoms with Crippen LogP contribution in [0, 0.1) is 11.8 Å². The van der Waals surface area contributed by atoms with Gasteiger partial charge in [0.2, 0.25) is 5.91 Å². The van der Waals surface area contributed by atoms with Crippen LogP contribution in [0.2, 0.25) is 5.02 Å². The molecule has 1 fully saturated rings. The van der Waals surface area contributed by atoms with Crippen molar-refractivity contribution in [2.24, 2.45) is 11.8 Å². The SMILES string of the molecule is C[C@@H]1[C@H](C)CCC[C@@H]1NC(=O)[C@]1(C)Cn2c(cc3sccc32)C(=O)N1CCc1ccc(Cl)cc1. The third-order valence-electron chi connectivity index (χ3n) is 8.10. The first-order chi connectivity index (χ1) is 16.3. The molecule has 3 aromatic rings. The summed E-state index contributed by atoms with van der Waals surface area (Å²) in [6.07, 6.45) is 4.00. The molecular formula is C27H32ClN3O2S. The van der Waals surface area contributed by atoms with Gasteiger partial charge in [-0.2, -0.15) is 0 Å². The van der Waals surface area contributed by atoms with Gasteiger partial charge in [-0.25, -0.2) is 0 Å². The summed E-state index contributed by atoms with van der Waals surface area (Å²) >= 11 is 7.68. The van der Waals surface area contributed by atoms with Crippen LogP contribution in [0.4, 0.5) is 0 Å². The summed E-state index contributed by atoms with van der Waals surface area (Å²) in [5, 5.41) is 6.10. The summed E-state index contributed by atoms with van der Waals surface area (Å²) in [6.45, 7) is 7.37. The highest BCUT2D eigenvalue weighted by Gasteiger charge is 2.48. The first kappa shape index (κ1) is 23.4. The summed E-state index contributed by atoms with van der Waals surface area (Å²) in [5.41, 5.74) is 1.83. The third kappa shape index (κ3) is 4.05. The minimum absolute atomic E-state index is 0.0503. The molecule has 5 rings (SSSR count). The summed E-state index contributed by atoms with van der Waals surface area (Å²) in [5.74, 6) is 0.883. The van der Waals surface area contributed by atoms with Crippen molar-refractivity contribution in [1.82, 2.24) is 14.8 Å². The lowest BCUT2D eigenvalue weighted by Crippen LogP contribution is -2.65. The molecule has 2 aromatic heterocycles. The van der Waals surface area contributed by atoms with Crippen LogP contribution in [-0.2, 0) is 17.8 Å². The quantitative estimate of drug-likeness (QED) is 0.487. The Morgan fingerprint density at radius 3 is 2.74 bits per heavy atom. The molecule has 1 aliphatic carbocycles. The molecular weight excluding hydrogens is 466 g/mol. The number of benzene rings is 1. The highest BCUT2D eigenvalue weighted by atomic mass is 35.5. The minimum atomic E-state index is -0.967. The molecule has 3 heterocycles. The van der Waals surface area contributed by atoms with Crippen molar-refractivity contribution in [3.05, 3.63) is 58.1 Å². The molecule has 2 amide bonds. The zero-order valence-corrected chi connectivity index (χ0v) is 21.6. The lowest BCUT2D eigenvalue weighted by Gasteiger charge is -2.45. The first-order valence-electron chi connectivity index (χ1n) is 12.2. The van der Waals surface area contributed by atoms with E-state index >= 15 is 0 Å². The summed E-state index contributed by atoms with van der Waals surface area (Å²) < 4.78 is 3.12. The number of halogens is 1. The smallest absolute Gasteiger partial charge is 0.271 e. The van der Waals surface area contributed by atoms with Crippen LogP contribution in [0.25, 0.3) is 10.2 Å². The van der Waals surface area contributed by atoms with Crippen LogP contribution in [0.5, 0.6) is 0 Å². The number of aromatic nitrogens is 1. The van der Waals surface area contributed by atoms with Gasteiger partial charge in [0.1, 0.15) is 11.2 Å². The van der Waals surface area contributed by atoms with Gasteiger partial charge in [0.05, 0.1) is 16.8 Å². The van der Waals surface area contributed by atoms with Crippen molar-refractivity contribution >= 4 is 45.0 Å². The van der Waals surface area contributed by atoms with Crippen LogP contribution in [0.3, 0.4) is 0 Å².